The number of aromatic nitrogens is 2. The van der Waals surface area contributed by atoms with Gasteiger partial charge in [0.1, 0.15) is 11.8 Å². The highest BCUT2D eigenvalue weighted by Crippen LogP contribution is 2.38. The second kappa shape index (κ2) is 10.0. The molecule has 2 aromatic heterocycles. The van der Waals surface area contributed by atoms with Crippen LogP contribution in [-0.4, -0.2) is 28.7 Å². The molecule has 0 saturated carbocycles. The molecule has 196 valence electrons. The van der Waals surface area contributed by atoms with Gasteiger partial charge in [-0.2, -0.15) is 0 Å². The first kappa shape index (κ1) is 26.2. The maximum atomic E-state index is 14.1. The minimum absolute atomic E-state index is 0.106. The molecule has 1 aliphatic heterocycles. The van der Waals surface area contributed by atoms with Crippen LogP contribution in [0.25, 0.3) is 17.0 Å². The van der Waals surface area contributed by atoms with Gasteiger partial charge in [-0.1, -0.05) is 38.9 Å². The Hall–Kier alpha value is -3.43. The monoisotopic (exact) mass is 593 g/mol. The number of thiazole rings is 1. The lowest BCUT2D eigenvalue weighted by Crippen LogP contribution is -2.40. The van der Waals surface area contributed by atoms with Gasteiger partial charge in [-0.05, 0) is 71.0 Å². The van der Waals surface area contributed by atoms with E-state index in [1.807, 2.05) is 58.0 Å². The number of halogens is 1. The lowest BCUT2D eigenvalue weighted by Gasteiger charge is -2.26. The number of nitrogens with zero attached hydrogens (tertiary/aromatic N) is 2. The smallest absolute Gasteiger partial charge is 0.338 e. The van der Waals surface area contributed by atoms with Gasteiger partial charge in [-0.3, -0.25) is 9.36 Å². The van der Waals surface area contributed by atoms with E-state index in [0.29, 0.717) is 31.9 Å². The molecule has 0 spiro atoms. The predicted molar refractivity (Wildman–Crippen MR) is 153 cm³/mol. The Morgan fingerprint density at radius 1 is 1.18 bits per heavy atom. The fourth-order valence-electron chi connectivity index (χ4n) is 4.86. The fourth-order valence-corrected chi connectivity index (χ4v) is 6.27. The molecule has 1 N–H and O–H groups in total. The summed E-state index contributed by atoms with van der Waals surface area (Å²) in [5, 5.41) is 1.05. The molecule has 38 heavy (non-hydrogen) atoms. The second-order valence-electron chi connectivity index (χ2n) is 9.63. The van der Waals surface area contributed by atoms with Crippen molar-refractivity contribution < 1.29 is 14.3 Å². The summed E-state index contributed by atoms with van der Waals surface area (Å²) in [6, 6.07) is 11.1. The molecular weight excluding hydrogens is 566 g/mol. The molecule has 5 rings (SSSR count). The highest BCUT2D eigenvalue weighted by Gasteiger charge is 2.35. The van der Waals surface area contributed by atoms with Gasteiger partial charge in [0.2, 0.25) is 0 Å². The van der Waals surface area contributed by atoms with Crippen LogP contribution in [0, 0.1) is 13.8 Å². The maximum Gasteiger partial charge on any atom is 0.338 e. The molecule has 4 aromatic rings. The van der Waals surface area contributed by atoms with Crippen molar-refractivity contribution in [3.8, 4) is 5.75 Å². The van der Waals surface area contributed by atoms with E-state index in [9.17, 15) is 9.59 Å². The number of aryl methyl sites for hydroxylation is 2. The van der Waals surface area contributed by atoms with Crippen LogP contribution in [0.1, 0.15) is 49.2 Å². The molecule has 0 bridgehead atoms. The van der Waals surface area contributed by atoms with Gasteiger partial charge in [-0.25, -0.2) is 9.79 Å². The van der Waals surface area contributed by atoms with E-state index in [2.05, 4.69) is 38.0 Å². The molecule has 9 heteroatoms. The highest BCUT2D eigenvalue weighted by atomic mass is 79.9. The van der Waals surface area contributed by atoms with Crippen molar-refractivity contribution in [3.05, 3.63) is 94.2 Å². The van der Waals surface area contributed by atoms with E-state index < -0.39 is 12.0 Å². The molecule has 2 aromatic carbocycles. The number of nitrogens with one attached hydrogen (secondary N) is 1. The first-order valence-electron chi connectivity index (χ1n) is 12.2. The fraction of sp³-hybridized carbons (Fsp3) is 0.276. The third-order valence-corrected chi connectivity index (χ3v) is 8.00. The zero-order valence-electron chi connectivity index (χ0n) is 22.0. The lowest BCUT2D eigenvalue weighted by molar-refractivity contribution is -0.136. The Morgan fingerprint density at radius 3 is 2.66 bits per heavy atom. The van der Waals surface area contributed by atoms with Crippen LogP contribution >= 0.6 is 27.3 Å². The number of carbonyl (C=O) groups excluding carboxylic acids is 1. The van der Waals surface area contributed by atoms with Crippen molar-refractivity contribution in [2.75, 3.05) is 7.11 Å². The summed E-state index contributed by atoms with van der Waals surface area (Å²) in [7, 11) is 1.33. The minimum Gasteiger partial charge on any atom is -0.491 e. The van der Waals surface area contributed by atoms with Crippen molar-refractivity contribution in [3.63, 3.8) is 0 Å². The molecule has 0 saturated heterocycles. The average molecular weight is 595 g/mol. The van der Waals surface area contributed by atoms with Gasteiger partial charge < -0.3 is 14.5 Å². The summed E-state index contributed by atoms with van der Waals surface area (Å²) >= 11 is 4.86. The minimum atomic E-state index is -0.765. The molecule has 3 heterocycles. The molecular formula is C29H28BrN3O4S. The summed E-state index contributed by atoms with van der Waals surface area (Å²) in [5.41, 5.74) is 5.33. The van der Waals surface area contributed by atoms with E-state index in [-0.39, 0.29) is 11.7 Å². The number of aromatic amines is 1. The summed E-state index contributed by atoms with van der Waals surface area (Å²) in [6.45, 7) is 9.68. The normalized spacial score (nSPS) is 15.7. The van der Waals surface area contributed by atoms with Crippen molar-refractivity contribution in [2.45, 2.75) is 46.8 Å². The summed E-state index contributed by atoms with van der Waals surface area (Å²) in [5.74, 6) is 0.0470. The third-order valence-electron chi connectivity index (χ3n) is 6.52. The van der Waals surface area contributed by atoms with Crippen LogP contribution in [-0.2, 0) is 9.53 Å². The summed E-state index contributed by atoms with van der Waals surface area (Å²) < 4.78 is 14.2. The molecule has 1 aliphatic rings. The van der Waals surface area contributed by atoms with Crippen LogP contribution in [0.5, 0.6) is 5.75 Å². The quantitative estimate of drug-likeness (QED) is 0.328. The molecule has 7 nitrogen and oxygen atoms in total. The van der Waals surface area contributed by atoms with Crippen LogP contribution in [0.3, 0.4) is 0 Å². The summed E-state index contributed by atoms with van der Waals surface area (Å²) in [6.07, 6.45) is 1.81. The molecule has 0 unspecified atom stereocenters. The van der Waals surface area contributed by atoms with Gasteiger partial charge in [0.25, 0.3) is 5.56 Å². The predicted octanol–water partition coefficient (Wildman–Crippen LogP) is 5.06. The zero-order valence-corrected chi connectivity index (χ0v) is 24.4. The maximum absolute atomic E-state index is 14.1. The third kappa shape index (κ3) is 4.54. The Morgan fingerprint density at radius 2 is 1.95 bits per heavy atom. The Labute approximate surface area is 232 Å². The molecule has 1 atom stereocenters. The number of methoxy groups -OCH3 is 1. The number of hydrogen-bond acceptors (Lipinski definition) is 6. The highest BCUT2D eigenvalue weighted by molar-refractivity contribution is 9.10. The van der Waals surface area contributed by atoms with Crippen LogP contribution in [0.2, 0.25) is 0 Å². The number of hydrogen-bond donors (Lipinski definition) is 1. The SMILES string of the molecule is COC(=O)C1=C(C)N=c2s/c(=C\c3c(C)[nH]c4ccc(C)cc34)c(=O)n2[C@H]1c1cc(Br)ccc1OC(C)C. The van der Waals surface area contributed by atoms with E-state index >= 15 is 0 Å². The zero-order chi connectivity index (χ0) is 27.3. The topological polar surface area (TPSA) is 85.7 Å². The van der Waals surface area contributed by atoms with Gasteiger partial charge in [0.05, 0.1) is 29.0 Å². The van der Waals surface area contributed by atoms with Crippen molar-refractivity contribution in [2.24, 2.45) is 4.99 Å². The summed E-state index contributed by atoms with van der Waals surface area (Å²) in [4.78, 5) is 35.7. The number of ether oxygens (including phenoxy) is 2. The molecule has 0 radical (unpaired) electrons. The molecule has 0 aliphatic carbocycles. The molecule has 0 fully saturated rings. The van der Waals surface area contributed by atoms with Gasteiger partial charge in [0.15, 0.2) is 4.80 Å². The van der Waals surface area contributed by atoms with E-state index in [4.69, 9.17) is 9.47 Å². The standard InChI is InChI=1S/C29H28BrN3O4S/c1-14(2)37-23-10-8-18(30)12-21(23)26-25(28(35)36-6)17(5)32-29-33(26)27(34)24(38-29)13-19-16(4)31-22-9-7-15(3)11-20(19)22/h7-14,26,31H,1-6H3/b24-13-/t26-/m0/s1. The van der Waals surface area contributed by atoms with Crippen LogP contribution in [0.4, 0.5) is 0 Å². The van der Waals surface area contributed by atoms with Crippen molar-refractivity contribution in [1.29, 1.82) is 0 Å². The first-order chi connectivity index (χ1) is 18.1. The first-order valence-corrected chi connectivity index (χ1v) is 13.9. The number of rotatable bonds is 5. The van der Waals surface area contributed by atoms with E-state index in [1.54, 1.807) is 11.5 Å². The van der Waals surface area contributed by atoms with Crippen molar-refractivity contribution >= 4 is 50.2 Å². The van der Waals surface area contributed by atoms with E-state index in [0.717, 1.165) is 32.2 Å². The number of carbonyl (C=O) groups is 1. The second-order valence-corrected chi connectivity index (χ2v) is 11.6. The molecule has 0 amide bonds. The largest absolute Gasteiger partial charge is 0.491 e. The van der Waals surface area contributed by atoms with Gasteiger partial charge in [-0.15, -0.1) is 0 Å². The number of allylic oxidation sites excluding steroid dienone is 1. The lowest BCUT2D eigenvalue weighted by atomic mass is 9.95. The average Bonchev–Trinajstić information content (AvgIpc) is 3.34. The van der Waals surface area contributed by atoms with E-state index in [1.165, 1.54) is 18.4 Å². The number of benzene rings is 2. The van der Waals surface area contributed by atoms with Gasteiger partial charge >= 0.3 is 5.97 Å². The number of H-pyrrole nitrogens is 1. The Kier molecular flexibility index (Phi) is 6.92. The Bertz CT molecular complexity index is 1810. The van der Waals surface area contributed by atoms with Crippen LogP contribution < -0.4 is 19.6 Å². The van der Waals surface area contributed by atoms with Crippen LogP contribution in [0.15, 0.2) is 61.9 Å². The number of esters is 1. The number of fused-ring (bicyclic) bond motifs is 2. The van der Waals surface area contributed by atoms with Crippen molar-refractivity contribution in [1.82, 2.24) is 9.55 Å². The van der Waals surface area contributed by atoms with Gasteiger partial charge in [0, 0.05) is 32.2 Å². The Balaban J connectivity index is 1.80.